The van der Waals surface area contributed by atoms with Gasteiger partial charge in [-0.15, -0.1) is 0 Å². The number of benzene rings is 1. The molecule has 2 amide bonds. The number of carbonyl (C=O) groups is 2. The van der Waals surface area contributed by atoms with Crippen molar-refractivity contribution in [3.05, 3.63) is 42.0 Å². The van der Waals surface area contributed by atoms with Crippen LogP contribution in [0.5, 0.6) is 0 Å². The second-order valence-electron chi connectivity index (χ2n) is 7.08. The van der Waals surface area contributed by atoms with Crippen LogP contribution in [0.2, 0.25) is 0 Å². The summed E-state index contributed by atoms with van der Waals surface area (Å²) in [6.45, 7) is 5.36. The molecule has 3 rings (SSSR count). The molecule has 7 nitrogen and oxygen atoms in total. The molecule has 0 atom stereocenters. The van der Waals surface area contributed by atoms with E-state index in [2.05, 4.69) is 11.9 Å². The van der Waals surface area contributed by atoms with Gasteiger partial charge in [0.1, 0.15) is 0 Å². The summed E-state index contributed by atoms with van der Waals surface area (Å²) >= 11 is 0. The van der Waals surface area contributed by atoms with E-state index in [0.717, 1.165) is 16.8 Å². The predicted octanol–water partition coefficient (Wildman–Crippen LogP) is 1.37. The lowest BCUT2D eigenvalue weighted by molar-refractivity contribution is -0.130. The van der Waals surface area contributed by atoms with Gasteiger partial charge in [0.2, 0.25) is 21.8 Å². The Morgan fingerprint density at radius 1 is 1.22 bits per heavy atom. The van der Waals surface area contributed by atoms with E-state index in [-0.39, 0.29) is 17.7 Å². The van der Waals surface area contributed by atoms with Crippen molar-refractivity contribution in [2.24, 2.45) is 5.92 Å². The highest BCUT2D eigenvalue weighted by molar-refractivity contribution is 7.88. The van der Waals surface area contributed by atoms with Gasteiger partial charge in [-0.05, 0) is 42.5 Å². The fourth-order valence-electron chi connectivity index (χ4n) is 3.71. The first-order chi connectivity index (χ1) is 12.8. The van der Waals surface area contributed by atoms with Crippen molar-refractivity contribution in [1.29, 1.82) is 0 Å². The van der Waals surface area contributed by atoms with Crippen molar-refractivity contribution in [1.82, 2.24) is 9.21 Å². The summed E-state index contributed by atoms with van der Waals surface area (Å²) in [5, 5.41) is 3.02. The molecule has 0 radical (unpaired) electrons. The van der Waals surface area contributed by atoms with Gasteiger partial charge in [0.05, 0.1) is 6.26 Å². The highest BCUT2D eigenvalue weighted by Crippen LogP contribution is 2.28. The molecule has 0 bridgehead atoms. The number of amides is 2. The Kier molecular flexibility index (Phi) is 5.67. The first-order valence-electron chi connectivity index (χ1n) is 9.07. The van der Waals surface area contributed by atoms with Crippen LogP contribution in [0.4, 0.5) is 5.69 Å². The van der Waals surface area contributed by atoms with Gasteiger partial charge in [0.15, 0.2) is 0 Å². The third-order valence-corrected chi connectivity index (χ3v) is 6.56. The van der Waals surface area contributed by atoms with Gasteiger partial charge in [-0.3, -0.25) is 9.59 Å². The van der Waals surface area contributed by atoms with Crippen LogP contribution in [0.25, 0.3) is 0 Å². The van der Waals surface area contributed by atoms with Crippen molar-refractivity contribution in [3.8, 4) is 0 Å². The summed E-state index contributed by atoms with van der Waals surface area (Å²) < 4.78 is 25.0. The molecule has 1 fully saturated rings. The maximum atomic E-state index is 12.7. The molecule has 27 heavy (non-hydrogen) atoms. The molecule has 1 N–H and O–H groups in total. The predicted molar refractivity (Wildman–Crippen MR) is 104 cm³/mol. The molecule has 2 heterocycles. The molecular weight excluding hydrogens is 366 g/mol. The maximum absolute atomic E-state index is 12.7. The molecule has 0 aliphatic carbocycles. The molecule has 1 saturated heterocycles. The zero-order chi connectivity index (χ0) is 19.6. The Labute approximate surface area is 160 Å². The Morgan fingerprint density at radius 2 is 1.93 bits per heavy atom. The standard InChI is InChI=1S/C19H25N3O4S/c1-3-18(23)21-10-7-14(8-11-21)19(24)20-17-6-4-5-15-13-22(27(2,25)26)12-9-16(15)17/h3-6,14H,1,7-13H2,2H3,(H,20,24). The number of piperidine rings is 1. The Bertz CT molecular complexity index is 858. The average Bonchev–Trinajstić information content (AvgIpc) is 2.66. The lowest BCUT2D eigenvalue weighted by Gasteiger charge is -2.31. The van der Waals surface area contributed by atoms with Crippen molar-refractivity contribution in [2.45, 2.75) is 25.8 Å². The van der Waals surface area contributed by atoms with Gasteiger partial charge in [-0.1, -0.05) is 18.7 Å². The number of anilines is 1. The van der Waals surface area contributed by atoms with Crippen LogP contribution < -0.4 is 5.32 Å². The van der Waals surface area contributed by atoms with Crippen LogP contribution in [0.15, 0.2) is 30.9 Å². The fourth-order valence-corrected chi connectivity index (χ4v) is 4.51. The molecule has 146 valence electrons. The molecular formula is C19H25N3O4S. The average molecular weight is 391 g/mol. The van der Waals surface area contributed by atoms with Crippen LogP contribution in [0, 0.1) is 5.92 Å². The first-order valence-corrected chi connectivity index (χ1v) is 10.9. The normalized spacial score (nSPS) is 18.6. The first kappa shape index (κ1) is 19.6. The number of likely N-dealkylation sites (tertiary alicyclic amines) is 1. The van der Waals surface area contributed by atoms with Gasteiger partial charge in [0.25, 0.3) is 0 Å². The summed E-state index contributed by atoms with van der Waals surface area (Å²) in [5.41, 5.74) is 2.69. The Balaban J connectivity index is 1.66. The van der Waals surface area contributed by atoms with Gasteiger partial charge >= 0.3 is 0 Å². The smallest absolute Gasteiger partial charge is 0.245 e. The molecule has 1 aromatic carbocycles. The third-order valence-electron chi connectivity index (χ3n) is 5.31. The monoisotopic (exact) mass is 391 g/mol. The second kappa shape index (κ2) is 7.82. The minimum atomic E-state index is -3.23. The number of rotatable bonds is 4. The van der Waals surface area contributed by atoms with Crippen LogP contribution in [0.1, 0.15) is 24.0 Å². The van der Waals surface area contributed by atoms with Crippen molar-refractivity contribution in [2.75, 3.05) is 31.2 Å². The van der Waals surface area contributed by atoms with Crippen molar-refractivity contribution in [3.63, 3.8) is 0 Å². The van der Waals surface area contributed by atoms with Gasteiger partial charge < -0.3 is 10.2 Å². The molecule has 2 aliphatic rings. The molecule has 0 aromatic heterocycles. The molecule has 0 saturated carbocycles. The molecule has 1 aromatic rings. The maximum Gasteiger partial charge on any atom is 0.245 e. The van der Waals surface area contributed by atoms with Crippen molar-refractivity contribution >= 4 is 27.5 Å². The van der Waals surface area contributed by atoms with E-state index in [1.54, 1.807) is 4.90 Å². The third kappa shape index (κ3) is 4.39. The van der Waals surface area contributed by atoms with Gasteiger partial charge in [-0.2, -0.15) is 4.31 Å². The van der Waals surface area contributed by atoms with E-state index in [1.807, 2.05) is 18.2 Å². The molecule has 0 unspecified atom stereocenters. The second-order valence-corrected chi connectivity index (χ2v) is 9.07. The van der Waals surface area contributed by atoms with E-state index in [9.17, 15) is 18.0 Å². The van der Waals surface area contributed by atoms with Crippen LogP contribution in [0.3, 0.4) is 0 Å². The van der Waals surface area contributed by atoms with Crippen molar-refractivity contribution < 1.29 is 18.0 Å². The van der Waals surface area contributed by atoms with E-state index in [0.29, 0.717) is 45.4 Å². The highest BCUT2D eigenvalue weighted by atomic mass is 32.2. The number of hydrogen-bond acceptors (Lipinski definition) is 4. The quantitative estimate of drug-likeness (QED) is 0.786. The number of nitrogens with one attached hydrogen (secondary N) is 1. The molecule has 2 aliphatic heterocycles. The lowest BCUT2D eigenvalue weighted by atomic mass is 9.94. The highest BCUT2D eigenvalue weighted by Gasteiger charge is 2.28. The fraction of sp³-hybridized carbons (Fsp3) is 0.474. The summed E-state index contributed by atoms with van der Waals surface area (Å²) in [6, 6.07) is 5.61. The Hall–Kier alpha value is -2.19. The minimum absolute atomic E-state index is 0.0420. The number of sulfonamides is 1. The van der Waals surface area contributed by atoms with E-state index < -0.39 is 10.0 Å². The Morgan fingerprint density at radius 3 is 2.56 bits per heavy atom. The zero-order valence-electron chi connectivity index (χ0n) is 15.5. The topological polar surface area (TPSA) is 86.8 Å². The van der Waals surface area contributed by atoms with E-state index >= 15 is 0 Å². The molecule has 0 spiro atoms. The van der Waals surface area contributed by atoms with E-state index in [1.165, 1.54) is 16.6 Å². The summed E-state index contributed by atoms with van der Waals surface area (Å²) in [4.78, 5) is 26.0. The van der Waals surface area contributed by atoms with Crippen LogP contribution >= 0.6 is 0 Å². The number of carbonyl (C=O) groups excluding carboxylic acids is 2. The minimum Gasteiger partial charge on any atom is -0.339 e. The largest absolute Gasteiger partial charge is 0.339 e. The number of nitrogens with zero attached hydrogens (tertiary/aromatic N) is 2. The SMILES string of the molecule is C=CC(=O)N1CCC(C(=O)Nc2cccc3c2CCN(S(C)(=O)=O)C3)CC1. The zero-order valence-corrected chi connectivity index (χ0v) is 16.3. The summed E-state index contributed by atoms with van der Waals surface area (Å²) in [6.07, 6.45) is 4.35. The van der Waals surface area contributed by atoms with Crippen LogP contribution in [-0.2, 0) is 32.6 Å². The summed E-state index contributed by atoms with van der Waals surface area (Å²) in [7, 11) is -3.23. The summed E-state index contributed by atoms with van der Waals surface area (Å²) in [5.74, 6) is -0.271. The lowest BCUT2D eigenvalue weighted by Crippen LogP contribution is -2.41. The number of fused-ring (bicyclic) bond motifs is 1. The van der Waals surface area contributed by atoms with Gasteiger partial charge in [-0.25, -0.2) is 8.42 Å². The number of hydrogen-bond donors (Lipinski definition) is 1. The van der Waals surface area contributed by atoms with Crippen LogP contribution in [-0.4, -0.2) is 55.3 Å². The van der Waals surface area contributed by atoms with E-state index in [4.69, 9.17) is 0 Å². The molecule has 8 heteroatoms. The van der Waals surface area contributed by atoms with Gasteiger partial charge in [0, 0.05) is 37.8 Å².